The Labute approximate surface area is 122 Å². The molecule has 88 valence electrons. The minimum Gasteiger partial charge on any atom is -0.457 e. The number of carbonyl (C=O) groups is 1. The lowest BCUT2D eigenvalue weighted by Gasteiger charge is -2.42. The fourth-order valence-electron chi connectivity index (χ4n) is 2.45. The highest BCUT2D eigenvalue weighted by Gasteiger charge is 2.51. The van der Waals surface area contributed by atoms with E-state index in [2.05, 4.69) is 50.7 Å². The van der Waals surface area contributed by atoms with Crippen molar-refractivity contribution in [2.45, 2.75) is 21.9 Å². The third kappa shape index (κ3) is 1.85. The highest BCUT2D eigenvalue weighted by atomic mass is 127. The minimum atomic E-state index is -0.527. The van der Waals surface area contributed by atoms with Gasteiger partial charge in [-0.05, 0) is 30.2 Å². The molecule has 17 heavy (non-hydrogen) atoms. The van der Waals surface area contributed by atoms with Gasteiger partial charge in [-0.3, -0.25) is 4.79 Å². The molecule has 0 unspecified atom stereocenters. The maximum absolute atomic E-state index is 11.9. The number of rotatable bonds is 1. The Hall–Kier alpha value is -0.360. The summed E-state index contributed by atoms with van der Waals surface area (Å²) >= 11 is 5.65. The molecule has 2 nitrogen and oxygen atoms in total. The van der Waals surface area contributed by atoms with Crippen LogP contribution in [0.25, 0.3) is 0 Å². The molecule has 2 aliphatic heterocycles. The molecule has 0 spiro atoms. The van der Waals surface area contributed by atoms with Gasteiger partial charge < -0.3 is 4.74 Å². The molecule has 4 heteroatoms. The van der Waals surface area contributed by atoms with Gasteiger partial charge in [0.05, 0.1) is 0 Å². The lowest BCUT2D eigenvalue weighted by molar-refractivity contribution is -0.154. The van der Waals surface area contributed by atoms with Crippen LogP contribution in [-0.4, -0.2) is 15.5 Å². The van der Waals surface area contributed by atoms with Crippen molar-refractivity contribution < 1.29 is 9.53 Å². The van der Waals surface area contributed by atoms with Crippen LogP contribution in [0.15, 0.2) is 40.9 Å². The van der Waals surface area contributed by atoms with Gasteiger partial charge in [0.25, 0.3) is 0 Å². The summed E-state index contributed by atoms with van der Waals surface area (Å²) in [4.78, 5) is 11.9. The van der Waals surface area contributed by atoms with Crippen LogP contribution in [-0.2, 0) is 9.53 Å². The molecule has 0 saturated carbocycles. The van der Waals surface area contributed by atoms with E-state index in [1.165, 1.54) is 5.56 Å². The monoisotopic (exact) mass is 404 g/mol. The quantitative estimate of drug-likeness (QED) is 0.309. The van der Waals surface area contributed by atoms with E-state index in [-0.39, 0.29) is 18.0 Å². The van der Waals surface area contributed by atoms with E-state index in [0.29, 0.717) is 0 Å². The lowest BCUT2D eigenvalue weighted by Crippen LogP contribution is -2.49. The summed E-state index contributed by atoms with van der Waals surface area (Å²) in [5.74, 6) is 0.109. The summed E-state index contributed by atoms with van der Waals surface area (Å²) in [5, 5.41) is 0. The first kappa shape index (κ1) is 11.7. The van der Waals surface area contributed by atoms with Crippen LogP contribution in [0, 0.1) is 0 Å². The van der Waals surface area contributed by atoms with Crippen molar-refractivity contribution in [3.8, 4) is 0 Å². The van der Waals surface area contributed by atoms with Crippen LogP contribution in [0.3, 0.4) is 0 Å². The number of hydrogen-bond acceptors (Lipinski definition) is 2. The van der Waals surface area contributed by atoms with Crippen LogP contribution in [0.1, 0.15) is 17.9 Å². The molecule has 3 atom stereocenters. The van der Waals surface area contributed by atoms with E-state index in [4.69, 9.17) is 4.74 Å². The Morgan fingerprint density at radius 2 is 2.06 bits per heavy atom. The summed E-state index contributed by atoms with van der Waals surface area (Å²) in [5.41, 5.74) is 1.20. The smallest absolute Gasteiger partial charge is 0.327 e. The SMILES string of the molecule is O=C1O[C@@H]2C=C[C@@]1(I)[C@@H](c1ccc(Br)cc1)C2. The van der Waals surface area contributed by atoms with Crippen molar-refractivity contribution in [1.82, 2.24) is 0 Å². The van der Waals surface area contributed by atoms with Crippen LogP contribution < -0.4 is 0 Å². The number of halogens is 2. The largest absolute Gasteiger partial charge is 0.457 e. The van der Waals surface area contributed by atoms with Gasteiger partial charge >= 0.3 is 5.97 Å². The topological polar surface area (TPSA) is 26.3 Å². The molecule has 2 bridgehead atoms. The van der Waals surface area contributed by atoms with E-state index in [0.717, 1.165) is 10.9 Å². The number of fused-ring (bicyclic) bond motifs is 2. The third-order valence-corrected chi connectivity index (χ3v) is 5.45. The molecule has 1 saturated heterocycles. The molecule has 1 aromatic rings. The third-order valence-electron chi connectivity index (χ3n) is 3.37. The van der Waals surface area contributed by atoms with Crippen LogP contribution in [0.5, 0.6) is 0 Å². The highest BCUT2D eigenvalue weighted by molar-refractivity contribution is 14.1. The van der Waals surface area contributed by atoms with Crippen molar-refractivity contribution in [3.05, 3.63) is 46.5 Å². The number of ether oxygens (including phenoxy) is 1. The summed E-state index contributed by atoms with van der Waals surface area (Å²) in [7, 11) is 0. The predicted molar refractivity (Wildman–Crippen MR) is 77.3 cm³/mol. The number of alkyl halides is 1. The molecule has 1 aliphatic carbocycles. The molecule has 0 N–H and O–H groups in total. The van der Waals surface area contributed by atoms with Gasteiger partial charge in [0, 0.05) is 10.4 Å². The van der Waals surface area contributed by atoms with Crippen LogP contribution in [0.2, 0.25) is 0 Å². The summed E-state index contributed by atoms with van der Waals surface area (Å²) in [6.45, 7) is 0. The second-order valence-electron chi connectivity index (χ2n) is 4.41. The first-order valence-electron chi connectivity index (χ1n) is 5.44. The van der Waals surface area contributed by atoms with Gasteiger partial charge in [0.1, 0.15) is 9.53 Å². The molecular weight excluding hydrogens is 395 g/mol. The Balaban J connectivity index is 2.02. The number of hydrogen-bond donors (Lipinski definition) is 0. The molecule has 1 fully saturated rings. The maximum atomic E-state index is 11.9. The highest BCUT2D eigenvalue weighted by Crippen LogP contribution is 2.49. The Kier molecular flexibility index (Phi) is 2.82. The van der Waals surface area contributed by atoms with Gasteiger partial charge in [-0.1, -0.05) is 56.7 Å². The number of esters is 1. The van der Waals surface area contributed by atoms with Gasteiger partial charge in [0.2, 0.25) is 0 Å². The van der Waals surface area contributed by atoms with E-state index in [1.807, 2.05) is 24.3 Å². The average Bonchev–Trinajstić information content (AvgIpc) is 2.32. The van der Waals surface area contributed by atoms with E-state index in [9.17, 15) is 4.79 Å². The van der Waals surface area contributed by atoms with Gasteiger partial charge in [0.15, 0.2) is 0 Å². The molecule has 0 radical (unpaired) electrons. The summed E-state index contributed by atoms with van der Waals surface area (Å²) in [6, 6.07) is 8.20. The fraction of sp³-hybridized carbons (Fsp3) is 0.308. The van der Waals surface area contributed by atoms with Crippen LogP contribution in [0.4, 0.5) is 0 Å². The predicted octanol–water partition coefficient (Wildman–Crippen LogP) is 3.59. The van der Waals surface area contributed by atoms with Crippen molar-refractivity contribution in [2.24, 2.45) is 0 Å². The zero-order valence-corrected chi connectivity index (χ0v) is 12.6. The van der Waals surface area contributed by atoms with Gasteiger partial charge in [-0.15, -0.1) is 0 Å². The normalized spacial score (nSPS) is 34.8. The Bertz CT molecular complexity index is 497. The minimum absolute atomic E-state index is 0.0483. The number of benzene rings is 1. The standard InChI is InChI=1S/C13H10BrIO2/c14-9-3-1-8(2-4-9)11-7-10-5-6-13(11,15)12(16)17-10/h1-6,10-11H,7H2/t10-,11-,13-/m1/s1. The molecule has 0 aromatic heterocycles. The fourth-order valence-corrected chi connectivity index (χ4v) is 3.66. The second kappa shape index (κ2) is 4.09. The van der Waals surface area contributed by atoms with Gasteiger partial charge in [-0.25, -0.2) is 0 Å². The summed E-state index contributed by atoms with van der Waals surface area (Å²) in [6.07, 6.45) is 4.84. The van der Waals surface area contributed by atoms with E-state index >= 15 is 0 Å². The van der Waals surface area contributed by atoms with E-state index < -0.39 is 3.42 Å². The average molecular weight is 405 g/mol. The van der Waals surface area contributed by atoms with Crippen molar-refractivity contribution in [3.63, 3.8) is 0 Å². The van der Waals surface area contributed by atoms with Crippen molar-refractivity contribution in [1.29, 1.82) is 0 Å². The molecule has 1 aromatic carbocycles. The number of carbonyl (C=O) groups excluding carboxylic acids is 1. The van der Waals surface area contributed by atoms with Gasteiger partial charge in [-0.2, -0.15) is 0 Å². The van der Waals surface area contributed by atoms with Crippen molar-refractivity contribution in [2.75, 3.05) is 0 Å². The summed E-state index contributed by atoms with van der Waals surface area (Å²) < 4.78 is 5.85. The zero-order valence-electron chi connectivity index (χ0n) is 8.90. The van der Waals surface area contributed by atoms with Crippen LogP contribution >= 0.6 is 38.5 Å². The molecular formula is C13H10BrIO2. The molecule has 0 amide bonds. The molecule has 4 rings (SSSR count). The maximum Gasteiger partial charge on any atom is 0.327 e. The first-order chi connectivity index (χ1) is 8.09. The molecule has 2 heterocycles. The Morgan fingerprint density at radius 3 is 2.71 bits per heavy atom. The second-order valence-corrected chi connectivity index (χ2v) is 7.11. The zero-order chi connectivity index (χ0) is 12.0. The Morgan fingerprint density at radius 1 is 1.35 bits per heavy atom. The first-order valence-corrected chi connectivity index (χ1v) is 7.31. The van der Waals surface area contributed by atoms with Crippen molar-refractivity contribution >= 4 is 44.5 Å². The van der Waals surface area contributed by atoms with E-state index in [1.54, 1.807) is 0 Å². The lowest BCUT2D eigenvalue weighted by atomic mass is 9.76. The molecule has 3 aliphatic rings.